The number of carbonyl (C=O) groups excluding carboxylic acids is 1. The van der Waals surface area contributed by atoms with Gasteiger partial charge in [0.25, 0.3) is 0 Å². The Morgan fingerprint density at radius 2 is 2.11 bits per heavy atom. The van der Waals surface area contributed by atoms with Gasteiger partial charge in [0.1, 0.15) is 11.9 Å². The number of aromatic nitrogens is 2. The Labute approximate surface area is 159 Å². The highest BCUT2D eigenvalue weighted by atomic mass is 16.5. The molecule has 0 fully saturated rings. The average Bonchev–Trinajstić information content (AvgIpc) is 3.11. The molecule has 1 amide bonds. The molecular formula is C22H25N3O2. The summed E-state index contributed by atoms with van der Waals surface area (Å²) in [7, 11) is 0. The molecule has 0 bridgehead atoms. The zero-order valence-electron chi connectivity index (χ0n) is 15.8. The summed E-state index contributed by atoms with van der Waals surface area (Å²) < 4.78 is 5.85. The van der Waals surface area contributed by atoms with Gasteiger partial charge in [-0.2, -0.15) is 0 Å². The Balaban J connectivity index is 1.34. The number of ether oxygens (including phenoxy) is 1. The van der Waals surface area contributed by atoms with E-state index in [0.717, 1.165) is 23.3 Å². The lowest BCUT2D eigenvalue weighted by atomic mass is 9.97. The minimum Gasteiger partial charge on any atom is -0.371 e. The molecule has 0 saturated carbocycles. The van der Waals surface area contributed by atoms with Gasteiger partial charge >= 0.3 is 0 Å². The van der Waals surface area contributed by atoms with E-state index in [1.165, 1.54) is 22.3 Å². The van der Waals surface area contributed by atoms with Crippen LogP contribution in [0.1, 0.15) is 40.6 Å². The zero-order valence-corrected chi connectivity index (χ0v) is 15.8. The number of rotatable bonds is 5. The highest BCUT2D eigenvalue weighted by molar-refractivity contribution is 5.80. The number of amides is 1. The van der Waals surface area contributed by atoms with Gasteiger partial charge in [0.15, 0.2) is 0 Å². The number of hydrogen-bond acceptors (Lipinski definition) is 3. The lowest BCUT2D eigenvalue weighted by Crippen LogP contribution is -2.32. The predicted octanol–water partition coefficient (Wildman–Crippen LogP) is 3.54. The van der Waals surface area contributed by atoms with Crippen LogP contribution < -0.4 is 5.32 Å². The number of hydrogen-bond donors (Lipinski definition) is 2. The molecule has 0 saturated heterocycles. The van der Waals surface area contributed by atoms with Crippen molar-refractivity contribution in [3.05, 3.63) is 64.5 Å². The van der Waals surface area contributed by atoms with Crippen LogP contribution in [0.5, 0.6) is 0 Å². The second-order valence-electron chi connectivity index (χ2n) is 7.20. The van der Waals surface area contributed by atoms with Crippen LogP contribution in [0.25, 0.3) is 11.0 Å². The third-order valence-corrected chi connectivity index (χ3v) is 5.39. The zero-order chi connectivity index (χ0) is 18.8. The molecule has 1 aliphatic rings. The van der Waals surface area contributed by atoms with E-state index in [-0.39, 0.29) is 12.0 Å². The lowest BCUT2D eigenvalue weighted by Gasteiger charge is -2.26. The van der Waals surface area contributed by atoms with Gasteiger partial charge in [0.05, 0.1) is 17.6 Å². The van der Waals surface area contributed by atoms with Crippen molar-refractivity contribution < 1.29 is 9.53 Å². The van der Waals surface area contributed by atoms with Gasteiger partial charge in [-0.3, -0.25) is 4.79 Å². The molecule has 0 aliphatic carbocycles. The van der Waals surface area contributed by atoms with Crippen LogP contribution in [0.15, 0.2) is 36.4 Å². The molecule has 1 unspecified atom stereocenters. The van der Waals surface area contributed by atoms with Gasteiger partial charge in [0, 0.05) is 19.4 Å². The second-order valence-corrected chi connectivity index (χ2v) is 7.20. The van der Waals surface area contributed by atoms with Crippen molar-refractivity contribution in [2.75, 3.05) is 13.2 Å². The molecular weight excluding hydrogens is 338 g/mol. The molecule has 2 N–H and O–H groups in total. The third kappa shape index (κ3) is 3.74. The summed E-state index contributed by atoms with van der Waals surface area (Å²) in [5.41, 5.74) is 6.94. The van der Waals surface area contributed by atoms with Gasteiger partial charge in [-0.1, -0.05) is 30.3 Å². The minimum absolute atomic E-state index is 0.0232. The third-order valence-electron chi connectivity index (χ3n) is 5.39. The van der Waals surface area contributed by atoms with Crippen molar-refractivity contribution >= 4 is 16.9 Å². The van der Waals surface area contributed by atoms with E-state index >= 15 is 0 Å². The molecule has 1 aliphatic heterocycles. The summed E-state index contributed by atoms with van der Waals surface area (Å²) in [6.45, 7) is 5.38. The largest absolute Gasteiger partial charge is 0.371 e. The quantitative estimate of drug-likeness (QED) is 0.729. The summed E-state index contributed by atoms with van der Waals surface area (Å²) in [5, 5.41) is 3.01. The molecule has 27 heavy (non-hydrogen) atoms. The lowest BCUT2D eigenvalue weighted by molar-refractivity contribution is -0.121. The van der Waals surface area contributed by atoms with Crippen LogP contribution in [0.4, 0.5) is 0 Å². The molecule has 1 atom stereocenters. The second kappa shape index (κ2) is 7.53. The van der Waals surface area contributed by atoms with E-state index in [1.54, 1.807) is 0 Å². The first-order chi connectivity index (χ1) is 13.1. The fraction of sp³-hybridized carbons (Fsp3) is 0.364. The van der Waals surface area contributed by atoms with Gasteiger partial charge in [-0.05, 0) is 48.6 Å². The van der Waals surface area contributed by atoms with Gasteiger partial charge in [0.2, 0.25) is 5.91 Å². The van der Waals surface area contributed by atoms with E-state index in [2.05, 4.69) is 53.4 Å². The smallest absolute Gasteiger partial charge is 0.220 e. The molecule has 4 rings (SSSR count). The molecule has 2 heterocycles. The number of aromatic amines is 1. The fourth-order valence-corrected chi connectivity index (χ4v) is 3.66. The summed E-state index contributed by atoms with van der Waals surface area (Å²) in [6.07, 6.45) is 1.88. The number of fused-ring (bicyclic) bond motifs is 2. The Morgan fingerprint density at radius 1 is 1.26 bits per heavy atom. The predicted molar refractivity (Wildman–Crippen MR) is 106 cm³/mol. The molecule has 0 spiro atoms. The SMILES string of the molecule is Cc1ccc2[nH]c(CCC(=O)NCC3OCCc4ccccc43)nc2c1C. The Kier molecular flexibility index (Phi) is 4.94. The number of aryl methyl sites for hydroxylation is 3. The van der Waals surface area contributed by atoms with Gasteiger partial charge in [-0.25, -0.2) is 4.98 Å². The first-order valence-corrected chi connectivity index (χ1v) is 9.52. The molecule has 3 aromatic rings. The van der Waals surface area contributed by atoms with E-state index in [9.17, 15) is 4.79 Å². The van der Waals surface area contributed by atoms with Crippen molar-refractivity contribution in [2.24, 2.45) is 0 Å². The number of carbonyl (C=O) groups is 1. The van der Waals surface area contributed by atoms with Crippen molar-refractivity contribution in [2.45, 2.75) is 39.2 Å². The standard InChI is InChI=1S/C22H25N3O2/c1-14-7-8-18-22(15(14)2)25-20(24-18)9-10-21(26)23-13-19-17-6-4-3-5-16(17)11-12-27-19/h3-8,19H,9-13H2,1-2H3,(H,23,26)(H,24,25). The molecule has 2 aromatic carbocycles. The highest BCUT2D eigenvalue weighted by Gasteiger charge is 2.20. The van der Waals surface area contributed by atoms with Crippen molar-refractivity contribution in [1.29, 1.82) is 0 Å². The van der Waals surface area contributed by atoms with Crippen LogP contribution in [-0.2, 0) is 22.4 Å². The maximum absolute atomic E-state index is 12.3. The van der Waals surface area contributed by atoms with Crippen molar-refractivity contribution in [3.8, 4) is 0 Å². The number of H-pyrrole nitrogens is 1. The molecule has 5 heteroatoms. The summed E-state index contributed by atoms with van der Waals surface area (Å²) in [6, 6.07) is 12.4. The minimum atomic E-state index is -0.0595. The van der Waals surface area contributed by atoms with E-state index in [4.69, 9.17) is 4.74 Å². The van der Waals surface area contributed by atoms with E-state index in [1.807, 2.05) is 12.1 Å². The van der Waals surface area contributed by atoms with Crippen LogP contribution in [0.2, 0.25) is 0 Å². The summed E-state index contributed by atoms with van der Waals surface area (Å²) >= 11 is 0. The maximum atomic E-state index is 12.3. The topological polar surface area (TPSA) is 67.0 Å². The number of nitrogens with zero attached hydrogens (tertiary/aromatic N) is 1. The van der Waals surface area contributed by atoms with Crippen molar-refractivity contribution in [3.63, 3.8) is 0 Å². The Hall–Kier alpha value is -2.66. The summed E-state index contributed by atoms with van der Waals surface area (Å²) in [5.74, 6) is 0.878. The molecule has 0 radical (unpaired) electrons. The van der Waals surface area contributed by atoms with E-state index < -0.39 is 0 Å². The van der Waals surface area contributed by atoms with Crippen LogP contribution >= 0.6 is 0 Å². The van der Waals surface area contributed by atoms with E-state index in [0.29, 0.717) is 26.0 Å². The molecule has 1 aromatic heterocycles. The normalized spacial score (nSPS) is 16.3. The van der Waals surface area contributed by atoms with Crippen LogP contribution in [0, 0.1) is 13.8 Å². The number of imidazole rings is 1. The molecule has 140 valence electrons. The van der Waals surface area contributed by atoms with Gasteiger partial charge in [-0.15, -0.1) is 0 Å². The van der Waals surface area contributed by atoms with Crippen LogP contribution in [0.3, 0.4) is 0 Å². The Morgan fingerprint density at radius 3 is 3.00 bits per heavy atom. The first kappa shape index (κ1) is 17.7. The summed E-state index contributed by atoms with van der Waals surface area (Å²) in [4.78, 5) is 20.3. The highest BCUT2D eigenvalue weighted by Crippen LogP contribution is 2.26. The molecule has 5 nitrogen and oxygen atoms in total. The average molecular weight is 363 g/mol. The van der Waals surface area contributed by atoms with Crippen molar-refractivity contribution in [1.82, 2.24) is 15.3 Å². The van der Waals surface area contributed by atoms with Crippen LogP contribution in [-0.4, -0.2) is 29.0 Å². The number of nitrogens with one attached hydrogen (secondary N) is 2. The fourth-order valence-electron chi connectivity index (χ4n) is 3.66. The van der Waals surface area contributed by atoms with Gasteiger partial charge < -0.3 is 15.0 Å². The Bertz CT molecular complexity index is 977. The maximum Gasteiger partial charge on any atom is 0.220 e. The number of benzene rings is 2. The first-order valence-electron chi connectivity index (χ1n) is 9.52. The monoisotopic (exact) mass is 363 g/mol.